The minimum Gasteiger partial charge on any atom is -0.390 e. The monoisotopic (exact) mass is 203 g/mol. The highest BCUT2D eigenvalue weighted by Gasteiger charge is 2.38. The van der Waals surface area contributed by atoms with Crippen LogP contribution in [0.25, 0.3) is 0 Å². The summed E-state index contributed by atoms with van der Waals surface area (Å²) >= 11 is 0. The van der Waals surface area contributed by atoms with E-state index in [2.05, 4.69) is 0 Å². The van der Waals surface area contributed by atoms with Crippen molar-refractivity contribution in [3.63, 3.8) is 0 Å². The fourth-order valence-electron chi connectivity index (χ4n) is 1.62. The second-order valence-electron chi connectivity index (χ2n) is 3.60. The van der Waals surface area contributed by atoms with E-state index in [-0.39, 0.29) is 17.9 Å². The van der Waals surface area contributed by atoms with Crippen LogP contribution in [0.5, 0.6) is 0 Å². The van der Waals surface area contributed by atoms with Crippen LogP contribution < -0.4 is 0 Å². The molecule has 1 saturated carbocycles. The lowest BCUT2D eigenvalue weighted by Gasteiger charge is -2.34. The van der Waals surface area contributed by atoms with Crippen LogP contribution in [0.4, 0.5) is 0 Å². The maximum atomic E-state index is 10.2. The average molecular weight is 203 g/mol. The van der Waals surface area contributed by atoms with E-state index in [0.29, 0.717) is 6.20 Å². The van der Waals surface area contributed by atoms with Gasteiger partial charge in [0.2, 0.25) is 6.20 Å². The standard InChI is InChI=1S/C8H13NO5/c1-4-2-5(3-9(13)14)7(11)8(12)6(4)10/h3-4,6-8,10-12H,2H2,1H3/b5-3+/t4-,6-,7-,8-/m1/s1. The first-order chi connectivity index (χ1) is 6.43. The molecule has 1 aliphatic carbocycles. The van der Waals surface area contributed by atoms with Crippen molar-refractivity contribution in [1.29, 1.82) is 0 Å². The number of rotatable bonds is 1. The number of nitro groups is 1. The van der Waals surface area contributed by atoms with E-state index in [9.17, 15) is 25.4 Å². The van der Waals surface area contributed by atoms with Gasteiger partial charge in [-0.2, -0.15) is 0 Å². The molecule has 6 heteroatoms. The van der Waals surface area contributed by atoms with Crippen LogP contribution in [0.3, 0.4) is 0 Å². The molecular formula is C8H13NO5. The third-order valence-electron chi connectivity index (χ3n) is 2.47. The normalized spacial score (nSPS) is 41.3. The zero-order valence-corrected chi connectivity index (χ0v) is 7.70. The summed E-state index contributed by atoms with van der Waals surface area (Å²) in [4.78, 5) is 9.51. The molecule has 0 heterocycles. The summed E-state index contributed by atoms with van der Waals surface area (Å²) in [7, 11) is 0. The Hall–Kier alpha value is -0.980. The predicted octanol–water partition coefficient (Wildman–Crippen LogP) is -0.730. The molecule has 0 aromatic carbocycles. The SMILES string of the molecule is C[C@@H]1C/C(=C\[N+](=O)[O-])[C@@H](O)[C@H](O)[C@@H]1O. The number of aliphatic hydroxyl groups excluding tert-OH is 3. The maximum absolute atomic E-state index is 10.2. The Kier molecular flexibility index (Phi) is 3.20. The molecule has 0 aromatic rings. The highest BCUT2D eigenvalue weighted by atomic mass is 16.6. The third kappa shape index (κ3) is 2.09. The van der Waals surface area contributed by atoms with Gasteiger partial charge < -0.3 is 15.3 Å². The van der Waals surface area contributed by atoms with Crippen molar-refractivity contribution >= 4 is 0 Å². The van der Waals surface area contributed by atoms with E-state index < -0.39 is 23.2 Å². The van der Waals surface area contributed by atoms with E-state index in [1.165, 1.54) is 0 Å². The molecule has 6 nitrogen and oxygen atoms in total. The summed E-state index contributed by atoms with van der Waals surface area (Å²) in [5, 5.41) is 38.3. The second-order valence-corrected chi connectivity index (χ2v) is 3.60. The van der Waals surface area contributed by atoms with Gasteiger partial charge in [0.15, 0.2) is 0 Å². The molecule has 1 fully saturated rings. The van der Waals surface area contributed by atoms with Gasteiger partial charge >= 0.3 is 0 Å². The fraction of sp³-hybridized carbons (Fsp3) is 0.750. The maximum Gasteiger partial charge on any atom is 0.236 e. The largest absolute Gasteiger partial charge is 0.390 e. The topological polar surface area (TPSA) is 104 Å². The third-order valence-corrected chi connectivity index (χ3v) is 2.47. The van der Waals surface area contributed by atoms with Crippen LogP contribution in [0.15, 0.2) is 11.8 Å². The Morgan fingerprint density at radius 3 is 2.50 bits per heavy atom. The lowest BCUT2D eigenvalue weighted by molar-refractivity contribution is -0.404. The first kappa shape index (κ1) is 11.1. The Morgan fingerprint density at radius 2 is 2.00 bits per heavy atom. The Bertz CT molecular complexity index is 264. The van der Waals surface area contributed by atoms with E-state index in [1.807, 2.05) is 0 Å². The molecule has 0 saturated heterocycles. The Balaban J connectivity index is 2.85. The van der Waals surface area contributed by atoms with Crippen LogP contribution >= 0.6 is 0 Å². The molecule has 0 bridgehead atoms. The number of nitrogens with zero attached hydrogens (tertiary/aromatic N) is 1. The zero-order valence-electron chi connectivity index (χ0n) is 7.70. The predicted molar refractivity (Wildman–Crippen MR) is 46.9 cm³/mol. The fourth-order valence-corrected chi connectivity index (χ4v) is 1.62. The lowest BCUT2D eigenvalue weighted by atomic mass is 9.81. The Labute approximate surface area is 80.6 Å². The van der Waals surface area contributed by atoms with Gasteiger partial charge in [-0.25, -0.2) is 0 Å². The van der Waals surface area contributed by atoms with E-state index in [0.717, 1.165) is 0 Å². The quantitative estimate of drug-likeness (QED) is 0.385. The second kappa shape index (κ2) is 4.04. The highest BCUT2D eigenvalue weighted by molar-refractivity contribution is 5.13. The molecular weight excluding hydrogens is 190 g/mol. The average Bonchev–Trinajstić information content (AvgIpc) is 2.10. The first-order valence-corrected chi connectivity index (χ1v) is 4.31. The summed E-state index contributed by atoms with van der Waals surface area (Å²) in [6.45, 7) is 1.66. The first-order valence-electron chi connectivity index (χ1n) is 4.31. The summed E-state index contributed by atoms with van der Waals surface area (Å²) in [6.07, 6.45) is -2.80. The summed E-state index contributed by atoms with van der Waals surface area (Å²) < 4.78 is 0. The lowest BCUT2D eigenvalue weighted by Crippen LogP contribution is -2.46. The molecule has 3 N–H and O–H groups in total. The Morgan fingerprint density at radius 1 is 1.43 bits per heavy atom. The molecule has 0 spiro atoms. The highest BCUT2D eigenvalue weighted by Crippen LogP contribution is 2.29. The minimum atomic E-state index is -1.34. The molecule has 0 aliphatic heterocycles. The molecule has 0 radical (unpaired) electrons. The summed E-state index contributed by atoms with van der Waals surface area (Å²) in [5.74, 6) is -0.292. The molecule has 80 valence electrons. The number of aliphatic hydroxyl groups is 3. The smallest absolute Gasteiger partial charge is 0.236 e. The minimum absolute atomic E-state index is 0.153. The van der Waals surface area contributed by atoms with Crippen molar-refractivity contribution in [3.05, 3.63) is 21.9 Å². The van der Waals surface area contributed by atoms with Gasteiger partial charge in [-0.1, -0.05) is 6.92 Å². The van der Waals surface area contributed by atoms with Crippen molar-refractivity contribution in [1.82, 2.24) is 0 Å². The van der Waals surface area contributed by atoms with Gasteiger partial charge in [-0.05, 0) is 12.3 Å². The number of hydrogen-bond acceptors (Lipinski definition) is 5. The van der Waals surface area contributed by atoms with Crippen LogP contribution in [-0.4, -0.2) is 38.6 Å². The molecule has 1 aliphatic rings. The van der Waals surface area contributed by atoms with Gasteiger partial charge in [0.05, 0.1) is 11.0 Å². The van der Waals surface area contributed by atoms with Crippen molar-refractivity contribution in [2.75, 3.05) is 0 Å². The summed E-state index contributed by atoms with van der Waals surface area (Å²) in [6, 6.07) is 0. The summed E-state index contributed by atoms with van der Waals surface area (Å²) in [5.41, 5.74) is 0.153. The van der Waals surface area contributed by atoms with Gasteiger partial charge in [-0.15, -0.1) is 0 Å². The van der Waals surface area contributed by atoms with Crippen LogP contribution in [-0.2, 0) is 0 Å². The van der Waals surface area contributed by atoms with Crippen molar-refractivity contribution in [2.24, 2.45) is 5.92 Å². The van der Waals surface area contributed by atoms with E-state index in [1.54, 1.807) is 6.92 Å². The zero-order chi connectivity index (χ0) is 10.9. The van der Waals surface area contributed by atoms with E-state index in [4.69, 9.17) is 0 Å². The van der Waals surface area contributed by atoms with Gasteiger partial charge in [-0.3, -0.25) is 10.1 Å². The van der Waals surface area contributed by atoms with Crippen molar-refractivity contribution < 1.29 is 20.2 Å². The van der Waals surface area contributed by atoms with Gasteiger partial charge in [0.25, 0.3) is 0 Å². The van der Waals surface area contributed by atoms with Gasteiger partial charge in [0, 0.05) is 5.57 Å². The molecule has 14 heavy (non-hydrogen) atoms. The molecule has 0 aromatic heterocycles. The van der Waals surface area contributed by atoms with E-state index >= 15 is 0 Å². The van der Waals surface area contributed by atoms with Crippen LogP contribution in [0, 0.1) is 16.0 Å². The van der Waals surface area contributed by atoms with Gasteiger partial charge in [0.1, 0.15) is 12.2 Å². The molecule has 1 rings (SSSR count). The molecule has 0 amide bonds. The molecule has 4 atom stereocenters. The van der Waals surface area contributed by atoms with Crippen molar-refractivity contribution in [2.45, 2.75) is 31.7 Å². The van der Waals surface area contributed by atoms with Crippen LogP contribution in [0.2, 0.25) is 0 Å². The van der Waals surface area contributed by atoms with Crippen LogP contribution in [0.1, 0.15) is 13.3 Å². The van der Waals surface area contributed by atoms with Crippen molar-refractivity contribution in [3.8, 4) is 0 Å². The molecule has 0 unspecified atom stereocenters. The number of hydrogen-bond donors (Lipinski definition) is 3.